The number of carbonyl (C=O) groups excluding carboxylic acids is 1. The number of hydrogen-bond donors (Lipinski definition) is 1. The lowest BCUT2D eigenvalue weighted by molar-refractivity contribution is 0.0390. The molecule has 1 aliphatic rings. The van der Waals surface area contributed by atoms with Gasteiger partial charge in [0, 0.05) is 18.2 Å². The van der Waals surface area contributed by atoms with Crippen molar-refractivity contribution in [2.75, 3.05) is 20.2 Å². The van der Waals surface area contributed by atoms with Crippen molar-refractivity contribution in [2.45, 2.75) is 25.0 Å². The first-order valence-corrected chi connectivity index (χ1v) is 10.5. The molecule has 0 aliphatic carbocycles. The van der Waals surface area contributed by atoms with Crippen LogP contribution in [0.5, 0.6) is 5.75 Å². The highest BCUT2D eigenvalue weighted by Crippen LogP contribution is 2.32. The summed E-state index contributed by atoms with van der Waals surface area (Å²) in [5.41, 5.74) is 3.44. The molecule has 31 heavy (non-hydrogen) atoms. The maximum absolute atomic E-state index is 13.5. The van der Waals surface area contributed by atoms with Crippen molar-refractivity contribution in [1.82, 2.24) is 4.90 Å². The van der Waals surface area contributed by atoms with E-state index in [9.17, 15) is 14.3 Å². The maximum atomic E-state index is 13.5. The van der Waals surface area contributed by atoms with Crippen molar-refractivity contribution in [2.24, 2.45) is 0 Å². The number of methoxy groups -OCH3 is 1. The molecule has 0 spiro atoms. The average Bonchev–Trinajstić information content (AvgIpc) is 2.80. The Bertz CT molecular complexity index is 1030. The number of carbonyl (C=O) groups is 1. The van der Waals surface area contributed by atoms with Crippen LogP contribution in [-0.2, 0) is 0 Å². The number of halogens is 1. The zero-order valence-corrected chi connectivity index (χ0v) is 17.5. The molecule has 0 saturated carbocycles. The molecule has 2 unspecified atom stereocenters. The number of ether oxygens (including phenoxy) is 1. The molecule has 0 aromatic heterocycles. The molecular formula is C26H26FNO3. The number of rotatable bonds is 6. The Labute approximate surface area is 181 Å². The summed E-state index contributed by atoms with van der Waals surface area (Å²) >= 11 is 0. The maximum Gasteiger partial charge on any atom is 0.176 e. The van der Waals surface area contributed by atoms with Gasteiger partial charge in [0.05, 0.1) is 19.8 Å². The van der Waals surface area contributed by atoms with Crippen LogP contribution in [0.25, 0.3) is 11.1 Å². The van der Waals surface area contributed by atoms with Crippen molar-refractivity contribution in [3.8, 4) is 16.9 Å². The van der Waals surface area contributed by atoms with Crippen LogP contribution in [0.4, 0.5) is 4.39 Å². The van der Waals surface area contributed by atoms with E-state index in [1.807, 2.05) is 30.3 Å². The van der Waals surface area contributed by atoms with Gasteiger partial charge in [0.25, 0.3) is 0 Å². The fourth-order valence-electron chi connectivity index (χ4n) is 4.15. The zero-order valence-electron chi connectivity index (χ0n) is 17.5. The van der Waals surface area contributed by atoms with E-state index in [1.54, 1.807) is 37.4 Å². The Morgan fingerprint density at radius 1 is 1.06 bits per heavy atom. The Kier molecular flexibility index (Phi) is 6.44. The predicted octanol–water partition coefficient (Wildman–Crippen LogP) is 4.88. The van der Waals surface area contributed by atoms with E-state index in [2.05, 4.69) is 4.90 Å². The first-order valence-electron chi connectivity index (χ1n) is 10.5. The number of nitrogens with zero attached hydrogens (tertiary/aromatic N) is 1. The molecular weight excluding hydrogens is 393 g/mol. The van der Waals surface area contributed by atoms with E-state index in [4.69, 9.17) is 4.74 Å². The standard InChI is InChI=1S/C26H26FNO3/c1-31-24-11-9-20(10-12-24)26(30)17-28-14-13-23(29)16-25(28)19-7-5-18(6-8-19)21-3-2-4-22(27)15-21/h2-12,15,23,25,29H,13-14,16-17H2,1H3. The van der Waals surface area contributed by atoms with Crippen LogP contribution in [0.3, 0.4) is 0 Å². The number of aliphatic hydroxyl groups excluding tert-OH is 1. The highest BCUT2D eigenvalue weighted by molar-refractivity contribution is 5.97. The second kappa shape index (κ2) is 9.41. The van der Waals surface area contributed by atoms with Gasteiger partial charge in [0.2, 0.25) is 0 Å². The normalized spacial score (nSPS) is 19.2. The van der Waals surface area contributed by atoms with Crippen LogP contribution in [0.2, 0.25) is 0 Å². The molecule has 3 aromatic carbocycles. The minimum atomic E-state index is -0.389. The molecule has 5 heteroatoms. The van der Waals surface area contributed by atoms with Gasteiger partial charge in [-0.2, -0.15) is 0 Å². The Morgan fingerprint density at radius 2 is 1.81 bits per heavy atom. The van der Waals surface area contributed by atoms with Crippen LogP contribution in [0.15, 0.2) is 72.8 Å². The van der Waals surface area contributed by atoms with Crippen molar-refractivity contribution < 1.29 is 19.0 Å². The predicted molar refractivity (Wildman–Crippen MR) is 119 cm³/mol. The number of ketones is 1. The van der Waals surface area contributed by atoms with Gasteiger partial charge in [-0.05, 0) is 65.9 Å². The summed E-state index contributed by atoms with van der Waals surface area (Å²) < 4.78 is 18.7. The van der Waals surface area contributed by atoms with Gasteiger partial charge in [-0.1, -0.05) is 36.4 Å². The summed E-state index contributed by atoms with van der Waals surface area (Å²) in [7, 11) is 1.60. The monoisotopic (exact) mass is 419 g/mol. The van der Waals surface area contributed by atoms with Gasteiger partial charge < -0.3 is 9.84 Å². The van der Waals surface area contributed by atoms with Crippen molar-refractivity contribution >= 4 is 5.78 Å². The largest absolute Gasteiger partial charge is 0.497 e. The van der Waals surface area contributed by atoms with Crippen molar-refractivity contribution in [3.05, 3.63) is 89.7 Å². The van der Waals surface area contributed by atoms with Gasteiger partial charge in [0.15, 0.2) is 5.78 Å². The molecule has 1 N–H and O–H groups in total. The molecule has 1 heterocycles. The molecule has 4 rings (SSSR count). The molecule has 1 fully saturated rings. The summed E-state index contributed by atoms with van der Waals surface area (Å²) in [6, 6.07) is 21.6. The lowest BCUT2D eigenvalue weighted by Gasteiger charge is -2.38. The van der Waals surface area contributed by atoms with E-state index in [0.717, 1.165) is 16.7 Å². The van der Waals surface area contributed by atoms with Crippen LogP contribution in [0, 0.1) is 5.82 Å². The minimum Gasteiger partial charge on any atom is -0.497 e. The Hall–Kier alpha value is -3.02. The number of benzene rings is 3. The highest BCUT2D eigenvalue weighted by atomic mass is 19.1. The van der Waals surface area contributed by atoms with Gasteiger partial charge in [0.1, 0.15) is 11.6 Å². The summed E-state index contributed by atoms with van der Waals surface area (Å²) in [5.74, 6) is 0.495. The first-order chi connectivity index (χ1) is 15.0. The Balaban J connectivity index is 1.52. The Morgan fingerprint density at radius 3 is 2.48 bits per heavy atom. The fourth-order valence-corrected chi connectivity index (χ4v) is 4.15. The van der Waals surface area contributed by atoms with E-state index < -0.39 is 0 Å². The lowest BCUT2D eigenvalue weighted by Crippen LogP contribution is -2.41. The van der Waals surface area contributed by atoms with Crippen LogP contribution in [-0.4, -0.2) is 42.1 Å². The molecule has 0 bridgehead atoms. The van der Waals surface area contributed by atoms with E-state index in [1.165, 1.54) is 12.1 Å². The van der Waals surface area contributed by atoms with Gasteiger partial charge in [-0.15, -0.1) is 0 Å². The summed E-state index contributed by atoms with van der Waals surface area (Å²) in [4.78, 5) is 15.0. The van der Waals surface area contributed by atoms with Crippen LogP contribution in [0.1, 0.15) is 34.8 Å². The number of hydrogen-bond acceptors (Lipinski definition) is 4. The van der Waals surface area contributed by atoms with E-state index in [0.29, 0.717) is 30.7 Å². The molecule has 1 saturated heterocycles. The lowest BCUT2D eigenvalue weighted by atomic mass is 9.91. The van der Waals surface area contributed by atoms with E-state index >= 15 is 0 Å². The topological polar surface area (TPSA) is 49.8 Å². The third kappa shape index (κ3) is 5.01. The number of piperidine rings is 1. The zero-order chi connectivity index (χ0) is 21.8. The molecule has 3 aromatic rings. The van der Waals surface area contributed by atoms with Crippen LogP contribution < -0.4 is 4.74 Å². The quantitative estimate of drug-likeness (QED) is 0.579. The van der Waals surface area contributed by atoms with Gasteiger partial charge in [-0.25, -0.2) is 4.39 Å². The van der Waals surface area contributed by atoms with Gasteiger partial charge in [-0.3, -0.25) is 9.69 Å². The van der Waals surface area contributed by atoms with Gasteiger partial charge >= 0.3 is 0 Å². The highest BCUT2D eigenvalue weighted by Gasteiger charge is 2.30. The third-order valence-electron chi connectivity index (χ3n) is 5.90. The first kappa shape index (κ1) is 21.2. The summed E-state index contributed by atoms with van der Waals surface area (Å²) in [6.45, 7) is 0.939. The second-order valence-corrected chi connectivity index (χ2v) is 7.95. The average molecular weight is 419 g/mol. The molecule has 4 nitrogen and oxygen atoms in total. The number of aliphatic hydroxyl groups is 1. The smallest absolute Gasteiger partial charge is 0.176 e. The second-order valence-electron chi connectivity index (χ2n) is 7.95. The summed E-state index contributed by atoms with van der Waals surface area (Å²) in [5, 5.41) is 10.3. The molecule has 0 amide bonds. The SMILES string of the molecule is COc1ccc(C(=O)CN2CCC(O)CC2c2ccc(-c3cccc(F)c3)cc2)cc1. The molecule has 2 atom stereocenters. The fraction of sp³-hybridized carbons (Fsp3) is 0.269. The van der Waals surface area contributed by atoms with Crippen LogP contribution >= 0.6 is 0 Å². The summed E-state index contributed by atoms with van der Waals surface area (Å²) in [6.07, 6.45) is 0.836. The molecule has 0 radical (unpaired) electrons. The number of Topliss-reactive ketones (excluding diaryl/α,β-unsaturated/α-hetero) is 1. The molecule has 1 aliphatic heterocycles. The third-order valence-corrected chi connectivity index (χ3v) is 5.90. The minimum absolute atomic E-state index is 0.0421. The molecule has 160 valence electrons. The number of likely N-dealkylation sites (tertiary alicyclic amines) is 1. The van der Waals surface area contributed by atoms with E-state index in [-0.39, 0.29) is 30.3 Å². The van der Waals surface area contributed by atoms with Crippen molar-refractivity contribution in [3.63, 3.8) is 0 Å². The van der Waals surface area contributed by atoms with Crippen molar-refractivity contribution in [1.29, 1.82) is 0 Å².